The Morgan fingerprint density at radius 3 is 1.73 bits per heavy atom. The Hall–Kier alpha value is -4.26. The average molecular weight is 498 g/mol. The van der Waals surface area contributed by atoms with Crippen molar-refractivity contribution < 1.29 is 19.4 Å². The summed E-state index contributed by atoms with van der Waals surface area (Å²) < 4.78 is 10.6. The van der Waals surface area contributed by atoms with E-state index in [9.17, 15) is 9.90 Å². The molecule has 0 saturated heterocycles. The second kappa shape index (κ2) is 10.8. The molecule has 1 unspecified atom stereocenters. The van der Waals surface area contributed by atoms with Crippen LogP contribution in [0.3, 0.4) is 0 Å². The van der Waals surface area contributed by atoms with Crippen LogP contribution in [0.1, 0.15) is 36.1 Å². The molecular weight excluding hydrogens is 466 g/mol. The van der Waals surface area contributed by atoms with E-state index in [0.29, 0.717) is 28.8 Å². The normalized spacial score (nSPS) is 11.7. The van der Waals surface area contributed by atoms with Gasteiger partial charge in [0, 0.05) is 17.2 Å². The van der Waals surface area contributed by atoms with E-state index in [0.717, 1.165) is 33.4 Å². The summed E-state index contributed by atoms with van der Waals surface area (Å²) in [5, 5.41) is 10.9. The van der Waals surface area contributed by atoms with Gasteiger partial charge in [-0.25, -0.2) is 19.7 Å². The molecule has 0 amide bonds. The number of aromatic nitrogens is 3. The molecule has 1 atom stereocenters. The molecule has 0 saturated carbocycles. The smallest absolute Gasteiger partial charge is 0.347 e. The Bertz CT molecular complexity index is 1400. The topological polar surface area (TPSA) is 94.4 Å². The van der Waals surface area contributed by atoms with E-state index in [1.54, 1.807) is 26.0 Å². The van der Waals surface area contributed by atoms with Gasteiger partial charge >= 0.3 is 5.97 Å². The van der Waals surface area contributed by atoms with Crippen LogP contribution in [0, 0.1) is 27.7 Å². The zero-order chi connectivity index (χ0) is 26.7. The molecule has 0 fully saturated rings. The first-order valence-corrected chi connectivity index (χ1v) is 12.2. The molecule has 0 aliphatic heterocycles. The lowest BCUT2D eigenvalue weighted by Gasteiger charge is -2.15. The number of nitrogens with zero attached hydrogens (tertiary/aromatic N) is 3. The first-order valence-electron chi connectivity index (χ1n) is 12.2. The number of ether oxygens (including phenoxy) is 2. The highest BCUT2D eigenvalue weighted by Gasteiger charge is 2.19. The second-order valence-corrected chi connectivity index (χ2v) is 9.13. The molecule has 7 heteroatoms. The fourth-order valence-corrected chi connectivity index (χ4v) is 4.15. The molecule has 3 aromatic carbocycles. The van der Waals surface area contributed by atoms with Crippen molar-refractivity contribution >= 4 is 5.97 Å². The van der Waals surface area contributed by atoms with E-state index in [4.69, 9.17) is 24.4 Å². The molecule has 1 aromatic heterocycles. The molecular formula is C30H31N3O4. The number of aromatic hydroxyl groups is 1. The third-order valence-corrected chi connectivity index (χ3v) is 6.02. The summed E-state index contributed by atoms with van der Waals surface area (Å²) in [5.41, 5.74) is 6.60. The molecule has 7 nitrogen and oxygen atoms in total. The minimum atomic E-state index is -0.811. The number of carbonyl (C=O) groups excluding carboxylic acids is 1. The number of esters is 1. The van der Waals surface area contributed by atoms with Crippen LogP contribution in [0.4, 0.5) is 0 Å². The zero-order valence-electron chi connectivity index (χ0n) is 22.0. The Morgan fingerprint density at radius 1 is 0.784 bits per heavy atom. The van der Waals surface area contributed by atoms with Crippen molar-refractivity contribution in [3.05, 3.63) is 76.9 Å². The summed E-state index contributed by atoms with van der Waals surface area (Å²) in [5.74, 6) is 1.17. The maximum atomic E-state index is 11.9. The van der Waals surface area contributed by atoms with Crippen LogP contribution in [-0.2, 0) is 9.53 Å². The predicted molar refractivity (Wildman–Crippen MR) is 143 cm³/mol. The van der Waals surface area contributed by atoms with Crippen molar-refractivity contribution in [2.45, 2.75) is 47.6 Å². The monoisotopic (exact) mass is 497 g/mol. The molecule has 190 valence electrons. The van der Waals surface area contributed by atoms with Crippen LogP contribution in [0.15, 0.2) is 54.6 Å². The average Bonchev–Trinajstić information content (AvgIpc) is 2.84. The Labute approximate surface area is 217 Å². The van der Waals surface area contributed by atoms with Gasteiger partial charge in [0.05, 0.1) is 12.2 Å². The predicted octanol–water partition coefficient (Wildman–Crippen LogP) is 6.14. The van der Waals surface area contributed by atoms with E-state index in [-0.39, 0.29) is 12.4 Å². The first kappa shape index (κ1) is 25.8. The quantitative estimate of drug-likeness (QED) is 0.306. The molecule has 4 aromatic rings. The molecule has 0 spiro atoms. The number of aryl methyl sites for hydroxylation is 4. The molecule has 4 rings (SSSR count). The maximum Gasteiger partial charge on any atom is 0.347 e. The first-order chi connectivity index (χ1) is 17.7. The fourth-order valence-electron chi connectivity index (χ4n) is 4.15. The Balaban J connectivity index is 1.81. The van der Waals surface area contributed by atoms with Crippen molar-refractivity contribution in [2.24, 2.45) is 0 Å². The number of hydrogen-bond acceptors (Lipinski definition) is 7. The van der Waals surface area contributed by atoms with Crippen molar-refractivity contribution in [2.75, 3.05) is 6.61 Å². The molecule has 0 radical (unpaired) electrons. The van der Waals surface area contributed by atoms with Gasteiger partial charge in [0.1, 0.15) is 11.5 Å². The lowest BCUT2D eigenvalue weighted by atomic mass is 10.0. The van der Waals surface area contributed by atoms with Crippen LogP contribution < -0.4 is 4.74 Å². The van der Waals surface area contributed by atoms with Crippen molar-refractivity contribution in [3.8, 4) is 45.7 Å². The number of rotatable bonds is 7. The minimum Gasteiger partial charge on any atom is -0.507 e. The number of phenolic OH excluding ortho intramolecular Hbond substituents is 1. The Kier molecular flexibility index (Phi) is 7.53. The third-order valence-electron chi connectivity index (χ3n) is 6.02. The van der Waals surface area contributed by atoms with Crippen LogP contribution >= 0.6 is 0 Å². The van der Waals surface area contributed by atoms with E-state index < -0.39 is 12.1 Å². The van der Waals surface area contributed by atoms with Gasteiger partial charge in [-0.15, -0.1) is 0 Å². The summed E-state index contributed by atoms with van der Waals surface area (Å²) in [6, 6.07) is 17.0. The number of phenols is 1. The summed E-state index contributed by atoms with van der Waals surface area (Å²) in [6.45, 7) is 11.7. The van der Waals surface area contributed by atoms with Gasteiger partial charge in [0.15, 0.2) is 23.6 Å². The van der Waals surface area contributed by atoms with E-state index >= 15 is 0 Å². The van der Waals surface area contributed by atoms with E-state index in [2.05, 4.69) is 12.1 Å². The maximum absolute atomic E-state index is 11.9. The van der Waals surface area contributed by atoms with Gasteiger partial charge in [-0.3, -0.25) is 0 Å². The standard InChI is InChI=1S/C30H31N3O4/c1-7-36-30(35)21(6)37-22-10-13-25(26(34)16-22)29-32-27(23-11-8-17(2)14-19(23)4)31-28(33-29)24-12-9-18(3)15-20(24)5/h8-16,21,34H,7H2,1-6H3. The van der Waals surface area contributed by atoms with Crippen LogP contribution in [0.5, 0.6) is 11.5 Å². The fraction of sp³-hybridized carbons (Fsp3) is 0.267. The van der Waals surface area contributed by atoms with Crippen molar-refractivity contribution in [1.82, 2.24) is 15.0 Å². The van der Waals surface area contributed by atoms with Gasteiger partial charge in [-0.05, 0) is 64.8 Å². The minimum absolute atomic E-state index is 0.0714. The van der Waals surface area contributed by atoms with Gasteiger partial charge in [0.2, 0.25) is 0 Å². The van der Waals surface area contributed by atoms with Gasteiger partial charge in [-0.1, -0.05) is 47.5 Å². The Morgan fingerprint density at radius 2 is 1.27 bits per heavy atom. The van der Waals surface area contributed by atoms with Gasteiger partial charge in [0.25, 0.3) is 0 Å². The second-order valence-electron chi connectivity index (χ2n) is 9.13. The highest BCUT2D eigenvalue weighted by atomic mass is 16.6. The number of hydrogen-bond donors (Lipinski definition) is 1. The number of carbonyl (C=O) groups is 1. The highest BCUT2D eigenvalue weighted by molar-refractivity contribution is 5.75. The summed E-state index contributed by atoms with van der Waals surface area (Å²) in [4.78, 5) is 26.2. The lowest BCUT2D eigenvalue weighted by molar-refractivity contribution is -0.150. The number of benzene rings is 3. The summed E-state index contributed by atoms with van der Waals surface area (Å²) in [7, 11) is 0. The molecule has 1 N–H and O–H groups in total. The van der Waals surface area contributed by atoms with E-state index in [1.165, 1.54) is 6.07 Å². The summed E-state index contributed by atoms with van der Waals surface area (Å²) in [6.07, 6.45) is -0.811. The lowest BCUT2D eigenvalue weighted by Crippen LogP contribution is -2.26. The molecule has 37 heavy (non-hydrogen) atoms. The zero-order valence-corrected chi connectivity index (χ0v) is 22.0. The molecule has 0 bridgehead atoms. The molecule has 0 aliphatic rings. The molecule has 0 aliphatic carbocycles. The van der Waals surface area contributed by atoms with Crippen LogP contribution in [-0.4, -0.2) is 38.7 Å². The molecule has 1 heterocycles. The SMILES string of the molecule is CCOC(=O)C(C)Oc1ccc(-c2nc(-c3ccc(C)cc3C)nc(-c3ccc(C)cc3C)n2)c(O)c1. The summed E-state index contributed by atoms with van der Waals surface area (Å²) >= 11 is 0. The van der Waals surface area contributed by atoms with Crippen molar-refractivity contribution in [1.29, 1.82) is 0 Å². The van der Waals surface area contributed by atoms with Gasteiger partial charge in [-0.2, -0.15) is 0 Å². The third kappa shape index (κ3) is 5.77. The van der Waals surface area contributed by atoms with Gasteiger partial charge < -0.3 is 14.6 Å². The van der Waals surface area contributed by atoms with Crippen LogP contribution in [0.25, 0.3) is 34.2 Å². The van der Waals surface area contributed by atoms with Crippen molar-refractivity contribution in [3.63, 3.8) is 0 Å². The van der Waals surface area contributed by atoms with Crippen LogP contribution in [0.2, 0.25) is 0 Å². The van der Waals surface area contributed by atoms with E-state index in [1.807, 2.05) is 52.0 Å². The highest BCUT2D eigenvalue weighted by Crippen LogP contribution is 2.34. The largest absolute Gasteiger partial charge is 0.507 e.